The van der Waals surface area contributed by atoms with Gasteiger partial charge in [-0.3, -0.25) is 0 Å². The van der Waals surface area contributed by atoms with E-state index in [2.05, 4.69) is 19.1 Å². The van der Waals surface area contributed by atoms with Crippen molar-refractivity contribution in [2.45, 2.75) is 25.8 Å². The maximum Gasteiger partial charge on any atom is 0.119 e. The first-order valence-electron chi connectivity index (χ1n) is 6.35. The van der Waals surface area contributed by atoms with Crippen LogP contribution in [0.15, 0.2) is 24.3 Å². The molecule has 94 valence electrons. The molecule has 1 fully saturated rings. The summed E-state index contributed by atoms with van der Waals surface area (Å²) in [6.45, 7) is 4.55. The molecule has 0 spiro atoms. The Balaban J connectivity index is 1.84. The molecule has 2 N–H and O–H groups in total. The van der Waals surface area contributed by atoms with Gasteiger partial charge in [0.25, 0.3) is 0 Å². The van der Waals surface area contributed by atoms with Gasteiger partial charge in [-0.15, -0.1) is 0 Å². The third kappa shape index (κ3) is 3.45. The van der Waals surface area contributed by atoms with Crippen LogP contribution in [0, 0.1) is 5.92 Å². The quantitative estimate of drug-likeness (QED) is 0.853. The molecule has 1 heterocycles. The van der Waals surface area contributed by atoms with Gasteiger partial charge in [0.1, 0.15) is 5.75 Å². The average molecular weight is 235 g/mol. The van der Waals surface area contributed by atoms with Crippen molar-refractivity contribution in [3.05, 3.63) is 29.8 Å². The van der Waals surface area contributed by atoms with E-state index < -0.39 is 0 Å². The number of ether oxygens (including phenoxy) is 2. The van der Waals surface area contributed by atoms with Gasteiger partial charge in [0.05, 0.1) is 13.2 Å². The molecule has 1 aromatic rings. The third-order valence-electron chi connectivity index (χ3n) is 3.26. The van der Waals surface area contributed by atoms with E-state index in [1.807, 2.05) is 12.1 Å². The van der Waals surface area contributed by atoms with Crippen molar-refractivity contribution in [2.75, 3.05) is 19.8 Å². The van der Waals surface area contributed by atoms with Crippen molar-refractivity contribution < 1.29 is 9.47 Å². The van der Waals surface area contributed by atoms with E-state index in [-0.39, 0.29) is 6.04 Å². The number of hydrogen-bond acceptors (Lipinski definition) is 3. The van der Waals surface area contributed by atoms with E-state index in [1.165, 1.54) is 5.56 Å². The first kappa shape index (κ1) is 12.4. The van der Waals surface area contributed by atoms with Crippen LogP contribution in [-0.4, -0.2) is 19.8 Å². The van der Waals surface area contributed by atoms with Gasteiger partial charge in [0.15, 0.2) is 0 Å². The lowest BCUT2D eigenvalue weighted by atomic mass is 10.1. The molecule has 1 aromatic carbocycles. The summed E-state index contributed by atoms with van der Waals surface area (Å²) in [5.41, 5.74) is 7.13. The van der Waals surface area contributed by atoms with Crippen LogP contribution in [0.5, 0.6) is 5.75 Å². The number of nitrogens with two attached hydrogens (primary N) is 1. The average Bonchev–Trinajstić information content (AvgIpc) is 2.89. The van der Waals surface area contributed by atoms with Gasteiger partial charge in [-0.05, 0) is 30.5 Å². The van der Waals surface area contributed by atoms with Crippen LogP contribution in [0.25, 0.3) is 0 Å². The highest BCUT2D eigenvalue weighted by Gasteiger charge is 2.16. The van der Waals surface area contributed by atoms with Crippen LogP contribution in [-0.2, 0) is 4.74 Å². The van der Waals surface area contributed by atoms with Crippen LogP contribution in [0.2, 0.25) is 0 Å². The zero-order valence-corrected chi connectivity index (χ0v) is 10.4. The van der Waals surface area contributed by atoms with Crippen LogP contribution >= 0.6 is 0 Å². The van der Waals surface area contributed by atoms with E-state index in [0.29, 0.717) is 5.92 Å². The van der Waals surface area contributed by atoms with Crippen LogP contribution in [0.3, 0.4) is 0 Å². The number of rotatable bonds is 5. The minimum absolute atomic E-state index is 0.132. The van der Waals surface area contributed by atoms with Gasteiger partial charge >= 0.3 is 0 Å². The lowest BCUT2D eigenvalue weighted by Gasteiger charge is -2.12. The second-order valence-corrected chi connectivity index (χ2v) is 4.62. The fourth-order valence-corrected chi connectivity index (χ4v) is 1.98. The SMILES string of the molecule is CCC(N)c1ccc(OCC2CCOC2)cc1. The summed E-state index contributed by atoms with van der Waals surface area (Å²) in [7, 11) is 0. The molecular weight excluding hydrogens is 214 g/mol. The zero-order chi connectivity index (χ0) is 12.1. The molecule has 0 aromatic heterocycles. The summed E-state index contributed by atoms with van der Waals surface area (Å²) in [6.07, 6.45) is 2.07. The second-order valence-electron chi connectivity index (χ2n) is 4.62. The number of hydrogen-bond donors (Lipinski definition) is 1. The maximum absolute atomic E-state index is 5.96. The monoisotopic (exact) mass is 235 g/mol. The Kier molecular flexibility index (Phi) is 4.40. The van der Waals surface area contributed by atoms with Gasteiger partial charge in [-0.1, -0.05) is 19.1 Å². The highest BCUT2D eigenvalue weighted by atomic mass is 16.5. The molecule has 1 aliphatic heterocycles. The Hall–Kier alpha value is -1.06. The van der Waals surface area contributed by atoms with Crippen molar-refractivity contribution in [3.63, 3.8) is 0 Å². The van der Waals surface area contributed by atoms with E-state index >= 15 is 0 Å². The molecular formula is C14H21NO2. The van der Waals surface area contributed by atoms with Gasteiger partial charge in [-0.25, -0.2) is 0 Å². The molecule has 0 radical (unpaired) electrons. The van der Waals surface area contributed by atoms with Crippen molar-refractivity contribution in [2.24, 2.45) is 11.7 Å². The molecule has 2 rings (SSSR count). The molecule has 1 saturated heterocycles. The van der Waals surface area contributed by atoms with Crippen LogP contribution < -0.4 is 10.5 Å². The zero-order valence-electron chi connectivity index (χ0n) is 10.4. The molecule has 0 aliphatic carbocycles. The summed E-state index contributed by atoms with van der Waals surface area (Å²) < 4.78 is 11.1. The van der Waals surface area contributed by atoms with Gasteiger partial charge < -0.3 is 15.2 Å². The smallest absolute Gasteiger partial charge is 0.119 e. The summed E-state index contributed by atoms with van der Waals surface area (Å²) >= 11 is 0. The highest BCUT2D eigenvalue weighted by molar-refractivity contribution is 5.28. The fourth-order valence-electron chi connectivity index (χ4n) is 1.98. The Bertz CT molecular complexity index is 331. The summed E-state index contributed by atoms with van der Waals surface area (Å²) in [6, 6.07) is 8.23. The second kappa shape index (κ2) is 6.03. The molecule has 2 unspecified atom stereocenters. The van der Waals surface area contributed by atoms with Crippen LogP contribution in [0.1, 0.15) is 31.4 Å². The molecule has 0 saturated carbocycles. The minimum atomic E-state index is 0.132. The Morgan fingerprint density at radius 3 is 2.76 bits per heavy atom. The summed E-state index contributed by atoms with van der Waals surface area (Å²) in [4.78, 5) is 0. The maximum atomic E-state index is 5.96. The van der Waals surface area contributed by atoms with Crippen molar-refractivity contribution in [1.29, 1.82) is 0 Å². The van der Waals surface area contributed by atoms with Crippen molar-refractivity contribution in [1.82, 2.24) is 0 Å². The lowest BCUT2D eigenvalue weighted by Crippen LogP contribution is -2.12. The van der Waals surface area contributed by atoms with Crippen molar-refractivity contribution >= 4 is 0 Å². The fraction of sp³-hybridized carbons (Fsp3) is 0.571. The normalized spacial score (nSPS) is 21.4. The molecule has 3 heteroatoms. The van der Waals surface area contributed by atoms with Gasteiger partial charge in [0.2, 0.25) is 0 Å². The standard InChI is InChI=1S/C14H21NO2/c1-2-14(15)12-3-5-13(6-4-12)17-10-11-7-8-16-9-11/h3-6,11,14H,2,7-10,15H2,1H3. The third-order valence-corrected chi connectivity index (χ3v) is 3.26. The summed E-state index contributed by atoms with van der Waals surface area (Å²) in [5.74, 6) is 1.47. The van der Waals surface area contributed by atoms with E-state index in [4.69, 9.17) is 15.2 Å². The van der Waals surface area contributed by atoms with E-state index in [1.54, 1.807) is 0 Å². The lowest BCUT2D eigenvalue weighted by molar-refractivity contribution is 0.167. The van der Waals surface area contributed by atoms with E-state index in [9.17, 15) is 0 Å². The molecule has 1 aliphatic rings. The Morgan fingerprint density at radius 1 is 1.41 bits per heavy atom. The van der Waals surface area contributed by atoms with Crippen LogP contribution in [0.4, 0.5) is 0 Å². The first-order chi connectivity index (χ1) is 8.29. The Labute approximate surface area is 103 Å². The summed E-state index contributed by atoms with van der Waals surface area (Å²) in [5, 5.41) is 0. The molecule has 17 heavy (non-hydrogen) atoms. The molecule has 3 nitrogen and oxygen atoms in total. The topological polar surface area (TPSA) is 44.5 Å². The molecule has 2 atom stereocenters. The molecule has 0 bridgehead atoms. The van der Waals surface area contributed by atoms with E-state index in [0.717, 1.165) is 38.4 Å². The minimum Gasteiger partial charge on any atom is -0.493 e. The first-order valence-corrected chi connectivity index (χ1v) is 6.35. The predicted molar refractivity (Wildman–Crippen MR) is 68.1 cm³/mol. The van der Waals surface area contributed by atoms with Gasteiger partial charge in [-0.2, -0.15) is 0 Å². The van der Waals surface area contributed by atoms with Crippen molar-refractivity contribution in [3.8, 4) is 5.75 Å². The number of benzene rings is 1. The Morgan fingerprint density at radius 2 is 2.18 bits per heavy atom. The van der Waals surface area contributed by atoms with Gasteiger partial charge in [0, 0.05) is 18.6 Å². The highest BCUT2D eigenvalue weighted by Crippen LogP contribution is 2.20. The predicted octanol–water partition coefficient (Wildman–Crippen LogP) is 2.51. The molecule has 0 amide bonds. The largest absolute Gasteiger partial charge is 0.493 e.